The van der Waals surface area contributed by atoms with Gasteiger partial charge in [-0.05, 0) is 68.1 Å². The fourth-order valence-electron chi connectivity index (χ4n) is 9.10. The number of amides is 2. The molecule has 0 radical (unpaired) electrons. The van der Waals surface area contributed by atoms with Crippen molar-refractivity contribution in [3.8, 4) is 0 Å². The molecule has 2 fully saturated rings. The molecule has 6 aromatic carbocycles. The number of anilines is 2. The summed E-state index contributed by atoms with van der Waals surface area (Å²) >= 11 is 0. The molecule has 1 aliphatic heterocycles. The first-order valence-electron chi connectivity index (χ1n) is 15.7. The van der Waals surface area contributed by atoms with Gasteiger partial charge in [-0.2, -0.15) is 0 Å². The topological polar surface area (TPSA) is 57.7 Å². The Hall–Kier alpha value is -5.55. The molecule has 0 spiro atoms. The zero-order valence-corrected chi connectivity index (χ0v) is 25.5. The Bertz CT molecular complexity index is 2130. The van der Waals surface area contributed by atoms with Crippen LogP contribution < -0.4 is 9.80 Å². The van der Waals surface area contributed by atoms with Crippen LogP contribution in [0.3, 0.4) is 0 Å². The number of carbonyl (C=O) groups excluding carboxylic acids is 3. The van der Waals surface area contributed by atoms with E-state index < -0.39 is 22.7 Å². The van der Waals surface area contributed by atoms with E-state index in [4.69, 9.17) is 0 Å². The van der Waals surface area contributed by atoms with Gasteiger partial charge in [0, 0.05) is 19.8 Å². The molecular formula is C41H30N2O3. The standard InChI is InChI=1S/C41H30N2O3/c1-42(2)27-21-23-28(24-22-27)43-37(44)35-36(38(43)45)41(26-15-7-4-8-16-26)34-32-20-12-10-18-30(32)29-17-9-11-19-31(29)33(34)40(35,39(41)46)25-13-5-3-6-14-25/h3-24,35-36H,1-2H3/t35-,36+,40+,41-. The summed E-state index contributed by atoms with van der Waals surface area (Å²) in [5.74, 6) is -2.58. The van der Waals surface area contributed by atoms with Gasteiger partial charge in [-0.3, -0.25) is 14.4 Å². The second kappa shape index (κ2) is 9.24. The van der Waals surface area contributed by atoms with Crippen molar-refractivity contribution >= 4 is 50.5 Å². The maximum atomic E-state index is 15.9. The zero-order valence-electron chi connectivity index (χ0n) is 25.5. The highest BCUT2D eigenvalue weighted by molar-refractivity contribution is 6.34. The van der Waals surface area contributed by atoms with Crippen LogP contribution in [0.1, 0.15) is 22.3 Å². The first-order chi connectivity index (χ1) is 22.4. The van der Waals surface area contributed by atoms with E-state index in [1.54, 1.807) is 0 Å². The van der Waals surface area contributed by atoms with Crippen molar-refractivity contribution in [1.82, 2.24) is 0 Å². The lowest BCUT2D eigenvalue weighted by Crippen LogP contribution is -2.45. The number of nitrogens with zero attached hydrogens (tertiary/aromatic N) is 2. The summed E-state index contributed by atoms with van der Waals surface area (Å²) < 4.78 is 0. The molecule has 222 valence electrons. The lowest BCUT2D eigenvalue weighted by atomic mass is 9.59. The molecule has 2 amide bonds. The number of Topliss-reactive ketones (excluding diaryl/α,β-unsaturated/α-hetero) is 1. The third-order valence-electron chi connectivity index (χ3n) is 10.8. The quantitative estimate of drug-likeness (QED) is 0.162. The Morgan fingerprint density at radius 2 is 0.891 bits per heavy atom. The molecule has 4 atom stereocenters. The summed E-state index contributed by atoms with van der Waals surface area (Å²) in [6.07, 6.45) is 0. The molecule has 9 rings (SSSR count). The molecule has 0 N–H and O–H groups in total. The normalized spacial score (nSPS) is 24.6. The molecule has 6 aromatic rings. The van der Waals surface area contributed by atoms with Crippen LogP contribution in [0.25, 0.3) is 21.5 Å². The van der Waals surface area contributed by atoms with Crippen LogP contribution in [0, 0.1) is 11.8 Å². The molecule has 46 heavy (non-hydrogen) atoms. The Labute approximate surface area is 266 Å². The molecule has 3 aliphatic rings. The molecule has 0 unspecified atom stereocenters. The second-order valence-electron chi connectivity index (χ2n) is 12.9. The maximum Gasteiger partial charge on any atom is 0.239 e. The van der Waals surface area contributed by atoms with E-state index in [0.717, 1.165) is 49.5 Å². The molecule has 5 nitrogen and oxygen atoms in total. The maximum absolute atomic E-state index is 15.9. The zero-order chi connectivity index (χ0) is 31.4. The van der Waals surface area contributed by atoms with E-state index in [1.165, 1.54) is 4.90 Å². The number of benzene rings is 6. The van der Waals surface area contributed by atoms with E-state index >= 15 is 14.4 Å². The number of imide groups is 1. The van der Waals surface area contributed by atoms with Gasteiger partial charge in [0.15, 0.2) is 5.78 Å². The fourth-order valence-corrected chi connectivity index (χ4v) is 9.10. The Morgan fingerprint density at radius 1 is 0.500 bits per heavy atom. The highest BCUT2D eigenvalue weighted by Crippen LogP contribution is 2.72. The molecule has 5 heteroatoms. The summed E-state index contributed by atoms with van der Waals surface area (Å²) in [6.45, 7) is 0. The number of ketones is 1. The van der Waals surface area contributed by atoms with Crippen LogP contribution in [-0.2, 0) is 25.2 Å². The Kier molecular flexibility index (Phi) is 5.39. The minimum atomic E-state index is -1.37. The van der Waals surface area contributed by atoms with Gasteiger partial charge in [0.1, 0.15) is 0 Å². The van der Waals surface area contributed by atoms with Crippen molar-refractivity contribution < 1.29 is 14.4 Å². The van der Waals surface area contributed by atoms with Gasteiger partial charge in [-0.25, -0.2) is 4.90 Å². The highest BCUT2D eigenvalue weighted by Gasteiger charge is 2.82. The first kappa shape index (κ1) is 26.8. The molecular weight excluding hydrogens is 568 g/mol. The van der Waals surface area contributed by atoms with Gasteiger partial charge in [0.2, 0.25) is 11.8 Å². The Morgan fingerprint density at radius 3 is 1.30 bits per heavy atom. The predicted molar refractivity (Wildman–Crippen MR) is 181 cm³/mol. The van der Waals surface area contributed by atoms with Crippen LogP contribution in [-0.4, -0.2) is 31.7 Å². The summed E-state index contributed by atoms with van der Waals surface area (Å²) in [5, 5.41) is 3.94. The van der Waals surface area contributed by atoms with E-state index in [9.17, 15) is 0 Å². The van der Waals surface area contributed by atoms with Crippen LogP contribution in [0.2, 0.25) is 0 Å². The van der Waals surface area contributed by atoms with Crippen molar-refractivity contribution in [3.63, 3.8) is 0 Å². The average molecular weight is 599 g/mol. The summed E-state index contributed by atoms with van der Waals surface area (Å²) in [7, 11) is 3.90. The third kappa shape index (κ3) is 2.98. The van der Waals surface area contributed by atoms with Crippen LogP contribution in [0.15, 0.2) is 133 Å². The highest BCUT2D eigenvalue weighted by atomic mass is 16.2. The van der Waals surface area contributed by atoms with Crippen LogP contribution in [0.4, 0.5) is 11.4 Å². The SMILES string of the molecule is CN(C)c1ccc(N2C(=O)[C@@H]3[C@H](C2=O)[C@@]2(c4ccccc4)C(=O)[C@]3(c3ccccc3)c3c2c2ccccc2c2ccccc32)cc1. The van der Waals surface area contributed by atoms with Crippen LogP contribution >= 0.6 is 0 Å². The lowest BCUT2D eigenvalue weighted by molar-refractivity contribution is -0.130. The lowest BCUT2D eigenvalue weighted by Gasteiger charge is -2.38. The summed E-state index contributed by atoms with van der Waals surface area (Å²) in [6, 6.07) is 43.3. The fraction of sp³-hybridized carbons (Fsp3) is 0.146. The van der Waals surface area contributed by atoms with Crippen molar-refractivity contribution in [2.75, 3.05) is 23.9 Å². The van der Waals surface area contributed by atoms with Gasteiger partial charge in [-0.15, -0.1) is 0 Å². The van der Waals surface area contributed by atoms with Gasteiger partial charge in [-0.1, -0.05) is 109 Å². The molecule has 2 aliphatic carbocycles. The number of hydrogen-bond donors (Lipinski definition) is 0. The molecule has 2 bridgehead atoms. The van der Waals surface area contributed by atoms with Crippen molar-refractivity contribution in [3.05, 3.63) is 156 Å². The third-order valence-corrected chi connectivity index (χ3v) is 10.8. The van der Waals surface area contributed by atoms with Gasteiger partial charge in [0.05, 0.1) is 28.4 Å². The van der Waals surface area contributed by atoms with E-state index in [1.807, 2.05) is 128 Å². The van der Waals surface area contributed by atoms with Crippen molar-refractivity contribution in [2.45, 2.75) is 10.8 Å². The Balaban J connectivity index is 1.46. The number of hydrogen-bond acceptors (Lipinski definition) is 4. The molecule has 0 aromatic heterocycles. The van der Waals surface area contributed by atoms with E-state index in [0.29, 0.717) is 5.69 Å². The largest absolute Gasteiger partial charge is 0.378 e. The minimum Gasteiger partial charge on any atom is -0.378 e. The number of fused-ring (bicyclic) bond motifs is 13. The predicted octanol–water partition coefficient (Wildman–Crippen LogP) is 7.03. The molecule has 1 heterocycles. The monoisotopic (exact) mass is 598 g/mol. The number of carbonyl (C=O) groups is 3. The second-order valence-corrected chi connectivity index (χ2v) is 12.9. The van der Waals surface area contributed by atoms with Gasteiger partial charge >= 0.3 is 0 Å². The summed E-state index contributed by atoms with van der Waals surface area (Å²) in [4.78, 5) is 49.3. The van der Waals surface area contributed by atoms with E-state index in [-0.39, 0.29) is 17.6 Å². The van der Waals surface area contributed by atoms with Gasteiger partial charge in [0.25, 0.3) is 0 Å². The summed E-state index contributed by atoms with van der Waals surface area (Å²) in [5.41, 5.74) is 1.95. The van der Waals surface area contributed by atoms with Gasteiger partial charge < -0.3 is 4.90 Å². The van der Waals surface area contributed by atoms with Crippen molar-refractivity contribution in [1.29, 1.82) is 0 Å². The average Bonchev–Trinajstić information content (AvgIpc) is 3.61. The molecule has 1 saturated carbocycles. The molecule has 1 saturated heterocycles. The van der Waals surface area contributed by atoms with Crippen molar-refractivity contribution in [2.24, 2.45) is 11.8 Å². The first-order valence-corrected chi connectivity index (χ1v) is 15.7. The smallest absolute Gasteiger partial charge is 0.239 e. The van der Waals surface area contributed by atoms with Crippen LogP contribution in [0.5, 0.6) is 0 Å². The van der Waals surface area contributed by atoms with E-state index in [2.05, 4.69) is 24.3 Å². The minimum absolute atomic E-state index is 0.0896. The number of rotatable bonds is 4.